The fourth-order valence-corrected chi connectivity index (χ4v) is 4.23. The number of anilines is 2. The summed E-state index contributed by atoms with van der Waals surface area (Å²) in [7, 11) is 0. The largest absolute Gasteiger partial charge is 0.450 e. The molecule has 1 aromatic carbocycles. The van der Waals surface area contributed by atoms with Crippen molar-refractivity contribution in [3.8, 4) is 11.3 Å². The van der Waals surface area contributed by atoms with E-state index < -0.39 is 6.09 Å². The average Bonchev–Trinajstić information content (AvgIpc) is 3.05. The van der Waals surface area contributed by atoms with E-state index in [2.05, 4.69) is 15.6 Å². The van der Waals surface area contributed by atoms with Gasteiger partial charge in [0.1, 0.15) is 10.7 Å². The molecular formula is C20H25N3O3S. The fraction of sp³-hybridized carbons (Fsp3) is 0.450. The maximum absolute atomic E-state index is 12.6. The minimum absolute atomic E-state index is 0.00501. The summed E-state index contributed by atoms with van der Waals surface area (Å²) in [5, 5.41) is 6.68. The third-order valence-electron chi connectivity index (χ3n) is 4.61. The van der Waals surface area contributed by atoms with E-state index in [1.165, 1.54) is 30.6 Å². The Hall–Kier alpha value is -2.41. The monoisotopic (exact) mass is 387 g/mol. The number of nitrogens with one attached hydrogen (secondary N) is 2. The molecule has 1 heterocycles. The van der Waals surface area contributed by atoms with Crippen LogP contribution in [0.2, 0.25) is 0 Å². The van der Waals surface area contributed by atoms with E-state index in [9.17, 15) is 9.59 Å². The van der Waals surface area contributed by atoms with Crippen LogP contribution in [0.15, 0.2) is 30.3 Å². The Bertz CT molecular complexity index is 770. The summed E-state index contributed by atoms with van der Waals surface area (Å²) in [4.78, 5) is 28.7. The van der Waals surface area contributed by atoms with E-state index in [-0.39, 0.29) is 12.5 Å². The lowest BCUT2D eigenvalue weighted by molar-refractivity contribution is -0.117. The fourth-order valence-electron chi connectivity index (χ4n) is 3.34. The molecule has 1 aliphatic rings. The number of rotatable bonds is 6. The lowest BCUT2D eigenvalue weighted by Gasteiger charge is -2.20. The lowest BCUT2D eigenvalue weighted by atomic mass is 9.87. The number of ether oxygens (including phenoxy) is 1. The molecule has 0 spiro atoms. The van der Waals surface area contributed by atoms with Crippen LogP contribution in [0.25, 0.3) is 11.3 Å². The van der Waals surface area contributed by atoms with Crippen molar-refractivity contribution in [1.82, 2.24) is 4.98 Å². The van der Waals surface area contributed by atoms with Crippen LogP contribution in [-0.4, -0.2) is 23.6 Å². The van der Waals surface area contributed by atoms with Gasteiger partial charge >= 0.3 is 6.09 Å². The van der Waals surface area contributed by atoms with Crippen molar-refractivity contribution in [2.45, 2.75) is 45.4 Å². The first-order valence-corrected chi connectivity index (χ1v) is 10.3. The zero-order valence-corrected chi connectivity index (χ0v) is 16.3. The first-order chi connectivity index (χ1) is 13.2. The first kappa shape index (κ1) is 19.4. The van der Waals surface area contributed by atoms with Gasteiger partial charge in [0.15, 0.2) is 5.13 Å². The van der Waals surface area contributed by atoms with Gasteiger partial charge in [-0.3, -0.25) is 10.1 Å². The highest BCUT2D eigenvalue weighted by molar-refractivity contribution is 7.20. The molecule has 2 N–H and O–H groups in total. The van der Waals surface area contributed by atoms with Crippen molar-refractivity contribution in [2.75, 3.05) is 17.2 Å². The van der Waals surface area contributed by atoms with E-state index in [0.29, 0.717) is 28.2 Å². The van der Waals surface area contributed by atoms with E-state index in [1.54, 1.807) is 6.92 Å². The zero-order valence-electron chi connectivity index (χ0n) is 15.5. The van der Waals surface area contributed by atoms with Crippen molar-refractivity contribution >= 4 is 33.5 Å². The molecular weight excluding hydrogens is 362 g/mol. The Labute approximate surface area is 163 Å². The lowest BCUT2D eigenvalue weighted by Crippen LogP contribution is -2.18. The number of benzene rings is 1. The average molecular weight is 388 g/mol. The minimum atomic E-state index is -0.550. The summed E-state index contributed by atoms with van der Waals surface area (Å²) >= 11 is 1.24. The highest BCUT2D eigenvalue weighted by Crippen LogP contribution is 2.36. The molecule has 6 nitrogen and oxygen atoms in total. The molecule has 1 aliphatic carbocycles. The molecule has 7 heteroatoms. The first-order valence-electron chi connectivity index (χ1n) is 9.45. The maximum atomic E-state index is 12.6. The Morgan fingerprint density at radius 2 is 1.89 bits per heavy atom. The molecule has 0 radical (unpaired) electrons. The van der Waals surface area contributed by atoms with Crippen LogP contribution in [0.3, 0.4) is 0 Å². The van der Waals surface area contributed by atoms with Gasteiger partial charge in [-0.2, -0.15) is 0 Å². The number of hydrogen-bond acceptors (Lipinski definition) is 5. The normalized spacial score (nSPS) is 14.6. The van der Waals surface area contributed by atoms with Crippen LogP contribution in [0.1, 0.15) is 45.4 Å². The number of nitrogens with zero attached hydrogens (tertiary/aromatic N) is 1. The van der Waals surface area contributed by atoms with Gasteiger partial charge < -0.3 is 10.1 Å². The molecule has 27 heavy (non-hydrogen) atoms. The smallest absolute Gasteiger partial charge is 0.413 e. The quantitative estimate of drug-likeness (QED) is 0.706. The van der Waals surface area contributed by atoms with E-state index in [1.807, 2.05) is 30.3 Å². The third kappa shape index (κ3) is 5.53. The van der Waals surface area contributed by atoms with Crippen molar-refractivity contribution < 1.29 is 14.3 Å². The summed E-state index contributed by atoms with van der Waals surface area (Å²) in [6.45, 7) is 2.03. The molecule has 0 saturated heterocycles. The second-order valence-electron chi connectivity index (χ2n) is 6.66. The molecule has 0 atom stereocenters. The molecule has 0 bridgehead atoms. The molecule has 2 aromatic rings. The number of carbonyl (C=O) groups is 2. The minimum Gasteiger partial charge on any atom is -0.450 e. The highest BCUT2D eigenvalue weighted by atomic mass is 32.1. The highest BCUT2D eigenvalue weighted by Gasteiger charge is 2.20. The van der Waals surface area contributed by atoms with Crippen LogP contribution < -0.4 is 10.6 Å². The van der Waals surface area contributed by atoms with Gasteiger partial charge in [0.2, 0.25) is 5.91 Å². The molecule has 0 aliphatic heterocycles. The van der Waals surface area contributed by atoms with Gasteiger partial charge in [0.25, 0.3) is 0 Å². The van der Waals surface area contributed by atoms with Crippen molar-refractivity contribution in [2.24, 2.45) is 5.92 Å². The molecule has 2 amide bonds. The summed E-state index contributed by atoms with van der Waals surface area (Å²) in [6.07, 6.45) is 5.92. The van der Waals surface area contributed by atoms with Crippen molar-refractivity contribution in [1.29, 1.82) is 0 Å². The van der Waals surface area contributed by atoms with Crippen LogP contribution in [0, 0.1) is 5.92 Å². The summed E-state index contributed by atoms with van der Waals surface area (Å²) < 4.78 is 4.91. The third-order valence-corrected chi connectivity index (χ3v) is 5.50. The van der Waals surface area contributed by atoms with E-state index in [4.69, 9.17) is 4.74 Å². The SMILES string of the molecule is CCOC(=O)Nc1nc(-c2ccccc2)c(NC(=O)CC2CCCCC2)s1. The molecule has 1 fully saturated rings. The Morgan fingerprint density at radius 1 is 1.15 bits per heavy atom. The molecule has 1 aromatic heterocycles. The van der Waals surface area contributed by atoms with E-state index >= 15 is 0 Å². The van der Waals surface area contributed by atoms with Crippen LogP contribution in [0.4, 0.5) is 14.9 Å². The van der Waals surface area contributed by atoms with Gasteiger partial charge in [0.05, 0.1) is 6.61 Å². The van der Waals surface area contributed by atoms with Gasteiger partial charge in [-0.05, 0) is 25.7 Å². The summed E-state index contributed by atoms with van der Waals surface area (Å²) in [5.74, 6) is 0.467. The molecule has 3 rings (SSSR count). The Kier molecular flexibility index (Phi) is 6.81. The maximum Gasteiger partial charge on any atom is 0.413 e. The molecule has 1 saturated carbocycles. The van der Waals surface area contributed by atoms with Crippen molar-refractivity contribution in [3.05, 3.63) is 30.3 Å². The Balaban J connectivity index is 1.75. The summed E-state index contributed by atoms with van der Waals surface area (Å²) in [6, 6.07) is 9.62. The number of hydrogen-bond donors (Lipinski definition) is 2. The number of amides is 2. The molecule has 0 unspecified atom stereocenters. The Morgan fingerprint density at radius 3 is 2.59 bits per heavy atom. The van der Waals surface area contributed by atoms with E-state index in [0.717, 1.165) is 18.4 Å². The van der Waals surface area contributed by atoms with Crippen molar-refractivity contribution in [3.63, 3.8) is 0 Å². The summed E-state index contributed by atoms with van der Waals surface area (Å²) in [5.41, 5.74) is 1.54. The predicted octanol–water partition coefficient (Wildman–Crippen LogP) is 5.29. The van der Waals surface area contributed by atoms with Crippen LogP contribution in [0.5, 0.6) is 0 Å². The van der Waals surface area contributed by atoms with Gasteiger partial charge in [-0.1, -0.05) is 60.9 Å². The second-order valence-corrected chi connectivity index (χ2v) is 7.66. The van der Waals surface area contributed by atoms with Crippen LogP contribution in [-0.2, 0) is 9.53 Å². The number of carbonyl (C=O) groups excluding carboxylic acids is 2. The number of thiazole rings is 1. The van der Waals surface area contributed by atoms with Gasteiger partial charge in [-0.25, -0.2) is 9.78 Å². The van der Waals surface area contributed by atoms with Gasteiger partial charge in [0, 0.05) is 12.0 Å². The zero-order chi connectivity index (χ0) is 19.1. The molecule has 144 valence electrons. The van der Waals surface area contributed by atoms with Gasteiger partial charge in [-0.15, -0.1) is 0 Å². The number of aromatic nitrogens is 1. The topological polar surface area (TPSA) is 80.3 Å². The second kappa shape index (κ2) is 9.50. The van der Waals surface area contributed by atoms with Crippen LogP contribution >= 0.6 is 11.3 Å². The standard InChI is InChI=1S/C20H25N3O3S/c1-2-26-20(25)23-19-22-17(15-11-7-4-8-12-15)18(27-19)21-16(24)13-14-9-5-3-6-10-14/h4,7-8,11-12,14H,2-3,5-6,9-10,13H2,1H3,(H,21,24)(H,22,23,25). The predicted molar refractivity (Wildman–Crippen MR) is 108 cm³/mol.